The van der Waals surface area contributed by atoms with Crippen LogP contribution in [0.25, 0.3) is 6.08 Å². The predicted octanol–water partition coefficient (Wildman–Crippen LogP) is 3.05. The van der Waals surface area contributed by atoms with Crippen molar-refractivity contribution in [3.63, 3.8) is 0 Å². The molecule has 1 N–H and O–H groups in total. The van der Waals surface area contributed by atoms with E-state index in [0.717, 1.165) is 11.6 Å². The van der Waals surface area contributed by atoms with Gasteiger partial charge in [-0.2, -0.15) is 5.26 Å². The largest absolute Gasteiger partial charge is 0.504 e. The number of benzene rings is 2. The maximum atomic E-state index is 12.5. The molecule has 0 aromatic heterocycles. The summed E-state index contributed by atoms with van der Waals surface area (Å²) < 4.78 is 30.1. The molecule has 0 saturated carbocycles. The molecule has 5 nitrogen and oxygen atoms in total. The van der Waals surface area contributed by atoms with Gasteiger partial charge in [0.05, 0.1) is 12.0 Å². The van der Waals surface area contributed by atoms with E-state index < -0.39 is 14.7 Å². The Balaban J connectivity index is 2.55. The molecule has 0 aliphatic heterocycles. The molecule has 0 aliphatic carbocycles. The number of para-hydroxylation sites is 1. The SMILES string of the molecule is COc1cccc(C=C(C#N)S(=O)(=O)c2ccc(C)cc2)c1O. The van der Waals surface area contributed by atoms with Crippen molar-refractivity contribution in [3.05, 3.63) is 58.5 Å². The molecule has 2 aromatic carbocycles. The molecule has 0 bridgehead atoms. The standard InChI is InChI=1S/C17H15NO4S/c1-12-6-8-14(9-7-12)23(20,21)15(11-18)10-13-4-3-5-16(22-2)17(13)19/h3-10,19H,1-2H3. The molecule has 0 fully saturated rings. The van der Waals surface area contributed by atoms with Gasteiger partial charge in [-0.1, -0.05) is 29.8 Å². The molecule has 0 heterocycles. The minimum absolute atomic E-state index is 0.0262. The van der Waals surface area contributed by atoms with Crippen LogP contribution in [0.15, 0.2) is 52.3 Å². The second kappa shape index (κ2) is 6.55. The van der Waals surface area contributed by atoms with E-state index in [-0.39, 0.29) is 22.0 Å². The van der Waals surface area contributed by atoms with Crippen molar-refractivity contribution >= 4 is 15.9 Å². The summed E-state index contributed by atoms with van der Waals surface area (Å²) in [5.41, 5.74) is 1.11. The maximum Gasteiger partial charge on any atom is 0.216 e. The molecular weight excluding hydrogens is 314 g/mol. The van der Waals surface area contributed by atoms with E-state index in [1.807, 2.05) is 6.92 Å². The van der Waals surface area contributed by atoms with Crippen molar-refractivity contribution in [1.82, 2.24) is 0 Å². The van der Waals surface area contributed by atoms with Gasteiger partial charge in [-0.05, 0) is 31.2 Å². The van der Waals surface area contributed by atoms with Crippen LogP contribution in [0.5, 0.6) is 11.5 Å². The lowest BCUT2D eigenvalue weighted by Crippen LogP contribution is -2.03. The Hall–Kier alpha value is -2.78. The van der Waals surface area contributed by atoms with Gasteiger partial charge in [0.2, 0.25) is 9.84 Å². The number of nitrogens with zero attached hydrogens (tertiary/aromatic N) is 1. The van der Waals surface area contributed by atoms with Gasteiger partial charge in [0, 0.05) is 5.56 Å². The summed E-state index contributed by atoms with van der Waals surface area (Å²) in [4.78, 5) is -0.428. The Morgan fingerprint density at radius 1 is 1.22 bits per heavy atom. The number of methoxy groups -OCH3 is 1. The summed E-state index contributed by atoms with van der Waals surface area (Å²) in [6, 6.07) is 12.5. The summed E-state index contributed by atoms with van der Waals surface area (Å²) in [5, 5.41) is 19.3. The highest BCUT2D eigenvalue weighted by atomic mass is 32.2. The number of phenolic OH excluding ortho intramolecular Hbond substituents is 1. The third kappa shape index (κ3) is 3.35. The van der Waals surface area contributed by atoms with Crippen LogP contribution in [-0.2, 0) is 9.84 Å². The van der Waals surface area contributed by atoms with Crippen LogP contribution >= 0.6 is 0 Å². The van der Waals surface area contributed by atoms with Crippen molar-refractivity contribution in [1.29, 1.82) is 5.26 Å². The first-order valence-electron chi connectivity index (χ1n) is 6.69. The number of nitriles is 1. The summed E-state index contributed by atoms with van der Waals surface area (Å²) in [6.45, 7) is 1.84. The minimum atomic E-state index is -3.95. The van der Waals surface area contributed by atoms with Gasteiger partial charge in [-0.15, -0.1) is 0 Å². The molecule has 23 heavy (non-hydrogen) atoms. The highest BCUT2D eigenvalue weighted by Gasteiger charge is 2.21. The predicted molar refractivity (Wildman–Crippen MR) is 86.6 cm³/mol. The molecule has 2 rings (SSSR count). The van der Waals surface area contributed by atoms with Crippen LogP contribution in [0.3, 0.4) is 0 Å². The zero-order chi connectivity index (χ0) is 17.0. The topological polar surface area (TPSA) is 87.4 Å². The van der Waals surface area contributed by atoms with E-state index in [4.69, 9.17) is 4.74 Å². The Labute approximate surface area is 135 Å². The molecular formula is C17H15NO4S. The number of ether oxygens (including phenoxy) is 1. The van der Waals surface area contributed by atoms with Gasteiger partial charge in [-0.25, -0.2) is 8.42 Å². The van der Waals surface area contributed by atoms with Gasteiger partial charge in [0.25, 0.3) is 0 Å². The van der Waals surface area contributed by atoms with Crippen molar-refractivity contribution in [3.8, 4) is 17.6 Å². The third-order valence-corrected chi connectivity index (χ3v) is 4.95. The van der Waals surface area contributed by atoms with Gasteiger partial charge in [0.1, 0.15) is 11.0 Å². The molecule has 0 saturated heterocycles. The van der Waals surface area contributed by atoms with Crippen molar-refractivity contribution < 1.29 is 18.3 Å². The number of aryl methyl sites for hydroxylation is 1. The lowest BCUT2D eigenvalue weighted by molar-refractivity contribution is 0.373. The van der Waals surface area contributed by atoms with E-state index in [2.05, 4.69) is 0 Å². The molecule has 0 radical (unpaired) electrons. The van der Waals surface area contributed by atoms with Crippen LogP contribution in [0.4, 0.5) is 0 Å². The van der Waals surface area contributed by atoms with E-state index in [9.17, 15) is 18.8 Å². The summed E-state index contributed by atoms with van der Waals surface area (Å²) in [7, 11) is -2.57. The summed E-state index contributed by atoms with van der Waals surface area (Å²) in [5.74, 6) is -0.0226. The first-order valence-corrected chi connectivity index (χ1v) is 8.18. The maximum absolute atomic E-state index is 12.5. The number of aromatic hydroxyl groups is 1. The first kappa shape index (κ1) is 16.6. The van der Waals surface area contributed by atoms with Gasteiger partial charge in [0.15, 0.2) is 11.5 Å². The second-order valence-corrected chi connectivity index (χ2v) is 6.75. The molecule has 2 aromatic rings. The van der Waals surface area contributed by atoms with Gasteiger partial charge >= 0.3 is 0 Å². The molecule has 0 aliphatic rings. The molecule has 0 unspecified atom stereocenters. The zero-order valence-corrected chi connectivity index (χ0v) is 13.5. The number of allylic oxidation sites excluding steroid dienone is 1. The van der Waals surface area contributed by atoms with Crippen LogP contribution in [0.2, 0.25) is 0 Å². The quantitative estimate of drug-likeness (QED) is 0.871. The lowest BCUT2D eigenvalue weighted by Gasteiger charge is -2.07. The molecule has 118 valence electrons. The van der Waals surface area contributed by atoms with E-state index in [1.54, 1.807) is 24.3 Å². The average molecular weight is 329 g/mol. The number of rotatable bonds is 4. The second-order valence-electron chi connectivity index (χ2n) is 4.83. The van der Waals surface area contributed by atoms with Crippen molar-refractivity contribution in [2.75, 3.05) is 7.11 Å². The molecule has 0 amide bonds. The average Bonchev–Trinajstić information content (AvgIpc) is 2.54. The third-order valence-electron chi connectivity index (χ3n) is 3.27. The van der Waals surface area contributed by atoms with Crippen LogP contribution in [0.1, 0.15) is 11.1 Å². The van der Waals surface area contributed by atoms with Crippen molar-refractivity contribution in [2.24, 2.45) is 0 Å². The Bertz CT molecular complexity index is 891. The number of hydrogen-bond donors (Lipinski definition) is 1. The van der Waals surface area contributed by atoms with Crippen LogP contribution in [0, 0.1) is 18.3 Å². The first-order chi connectivity index (χ1) is 10.9. The van der Waals surface area contributed by atoms with Crippen molar-refractivity contribution in [2.45, 2.75) is 11.8 Å². The minimum Gasteiger partial charge on any atom is -0.504 e. The number of sulfone groups is 1. The fourth-order valence-corrected chi connectivity index (χ4v) is 3.13. The number of phenols is 1. The molecule has 6 heteroatoms. The lowest BCUT2D eigenvalue weighted by atomic mass is 10.1. The molecule has 0 atom stereocenters. The fraction of sp³-hybridized carbons (Fsp3) is 0.118. The Morgan fingerprint density at radius 3 is 2.43 bits per heavy atom. The highest BCUT2D eigenvalue weighted by molar-refractivity contribution is 7.95. The van der Waals surface area contributed by atoms with Gasteiger partial charge < -0.3 is 9.84 Å². The smallest absolute Gasteiger partial charge is 0.216 e. The zero-order valence-electron chi connectivity index (χ0n) is 12.6. The van der Waals surface area contributed by atoms with Crippen LogP contribution < -0.4 is 4.74 Å². The molecule has 0 spiro atoms. The van der Waals surface area contributed by atoms with Gasteiger partial charge in [-0.3, -0.25) is 0 Å². The summed E-state index contributed by atoms with van der Waals surface area (Å²) in [6.07, 6.45) is 1.13. The van der Waals surface area contributed by atoms with E-state index in [1.165, 1.54) is 31.4 Å². The Kier molecular flexibility index (Phi) is 4.72. The monoisotopic (exact) mass is 329 g/mol. The Morgan fingerprint density at radius 2 is 1.87 bits per heavy atom. The summed E-state index contributed by atoms with van der Waals surface area (Å²) >= 11 is 0. The normalized spacial score (nSPS) is 11.8. The number of hydrogen-bond acceptors (Lipinski definition) is 5. The van der Waals surface area contributed by atoms with Crippen LogP contribution in [-0.4, -0.2) is 20.6 Å². The van der Waals surface area contributed by atoms with E-state index in [0.29, 0.717) is 0 Å². The fourth-order valence-electron chi connectivity index (χ4n) is 1.98. The van der Waals surface area contributed by atoms with E-state index >= 15 is 0 Å². The highest BCUT2D eigenvalue weighted by Crippen LogP contribution is 2.32.